The summed E-state index contributed by atoms with van der Waals surface area (Å²) in [6.45, 7) is 3.27. The number of hydrogen-bond acceptors (Lipinski definition) is 6. The van der Waals surface area contributed by atoms with E-state index >= 15 is 0 Å². The smallest absolute Gasteiger partial charge is 0.208 e. The highest BCUT2D eigenvalue weighted by Gasteiger charge is 2.44. The first-order valence-electron chi connectivity index (χ1n) is 6.26. The van der Waals surface area contributed by atoms with Gasteiger partial charge in [-0.2, -0.15) is 0 Å². The number of nitrogens with two attached hydrogens (primary N) is 1. The van der Waals surface area contributed by atoms with Gasteiger partial charge in [-0.1, -0.05) is 11.8 Å². The number of aromatic nitrogens is 3. The molecule has 1 saturated heterocycles. The maximum Gasteiger partial charge on any atom is 0.208 e. The van der Waals surface area contributed by atoms with Crippen LogP contribution in [0, 0.1) is 6.92 Å². The summed E-state index contributed by atoms with van der Waals surface area (Å²) in [6, 6.07) is 0.146. The van der Waals surface area contributed by atoms with Gasteiger partial charge in [0.15, 0.2) is 5.79 Å². The van der Waals surface area contributed by atoms with E-state index in [4.69, 9.17) is 15.2 Å². The lowest BCUT2D eigenvalue weighted by Crippen LogP contribution is -2.47. The lowest BCUT2D eigenvalue weighted by atomic mass is 9.90. The van der Waals surface area contributed by atoms with Gasteiger partial charge >= 0.3 is 0 Å². The second-order valence-corrected chi connectivity index (χ2v) is 6.08. The number of nitrogens with one attached hydrogen (secondary N) is 1. The summed E-state index contributed by atoms with van der Waals surface area (Å²) in [5.74, 6) is 0.420. The summed E-state index contributed by atoms with van der Waals surface area (Å²) >= 11 is 1.62. The maximum absolute atomic E-state index is 6.19. The minimum Gasteiger partial charge on any atom is -0.347 e. The molecule has 2 fully saturated rings. The van der Waals surface area contributed by atoms with Crippen LogP contribution in [0.3, 0.4) is 0 Å². The quantitative estimate of drug-likeness (QED) is 0.828. The van der Waals surface area contributed by atoms with E-state index in [2.05, 4.69) is 15.2 Å². The van der Waals surface area contributed by atoms with E-state index < -0.39 is 5.79 Å². The zero-order valence-corrected chi connectivity index (χ0v) is 11.2. The number of rotatable bonds is 2. The van der Waals surface area contributed by atoms with Gasteiger partial charge < -0.3 is 15.2 Å². The Kier molecular flexibility index (Phi) is 3.31. The van der Waals surface area contributed by atoms with Gasteiger partial charge in [-0.25, -0.2) is 4.98 Å². The lowest BCUT2D eigenvalue weighted by molar-refractivity contribution is -0.176. The highest BCUT2D eigenvalue weighted by atomic mass is 32.2. The van der Waals surface area contributed by atoms with Crippen LogP contribution >= 0.6 is 11.8 Å². The minimum absolute atomic E-state index is 0.146. The second-order valence-electron chi connectivity index (χ2n) is 4.87. The molecule has 0 radical (unpaired) electrons. The van der Waals surface area contributed by atoms with E-state index in [1.165, 1.54) is 0 Å². The zero-order chi connectivity index (χ0) is 12.6. The molecule has 100 valence electrons. The molecule has 0 bridgehead atoms. The molecule has 2 aliphatic rings. The molecular formula is C11H18N4O2S. The summed E-state index contributed by atoms with van der Waals surface area (Å²) in [5, 5.41) is 7.99. The Morgan fingerprint density at radius 3 is 2.89 bits per heavy atom. The molecular weight excluding hydrogens is 252 g/mol. The van der Waals surface area contributed by atoms with Gasteiger partial charge in [0.25, 0.3) is 0 Å². The normalized spacial score (nSPS) is 31.0. The predicted octanol–water partition coefficient (Wildman–Crippen LogP) is 0.828. The third-order valence-electron chi connectivity index (χ3n) is 3.50. The Bertz CT molecular complexity index is 419. The Labute approximate surface area is 110 Å². The van der Waals surface area contributed by atoms with Crippen molar-refractivity contribution in [3.8, 4) is 0 Å². The van der Waals surface area contributed by atoms with Crippen LogP contribution in [0.1, 0.15) is 25.1 Å². The van der Waals surface area contributed by atoms with Crippen molar-refractivity contribution in [3.05, 3.63) is 5.82 Å². The van der Waals surface area contributed by atoms with Crippen molar-refractivity contribution in [3.63, 3.8) is 0 Å². The SMILES string of the molecule is Cc1nc(SC2CC3(CCC2N)OCCO3)n[nH]1. The number of H-pyrrole nitrogens is 1. The molecule has 1 aromatic heterocycles. The average molecular weight is 270 g/mol. The molecule has 2 atom stereocenters. The molecule has 2 unspecified atom stereocenters. The van der Waals surface area contributed by atoms with Gasteiger partial charge in [0.1, 0.15) is 5.82 Å². The summed E-state index contributed by atoms with van der Waals surface area (Å²) < 4.78 is 11.5. The summed E-state index contributed by atoms with van der Waals surface area (Å²) in [7, 11) is 0. The summed E-state index contributed by atoms with van der Waals surface area (Å²) in [5.41, 5.74) is 6.19. The second kappa shape index (κ2) is 4.80. The van der Waals surface area contributed by atoms with Crippen molar-refractivity contribution < 1.29 is 9.47 Å². The van der Waals surface area contributed by atoms with Gasteiger partial charge in [-0.05, 0) is 13.3 Å². The molecule has 6 nitrogen and oxygen atoms in total. The molecule has 0 amide bonds. The molecule has 3 rings (SSSR count). The number of aryl methyl sites for hydroxylation is 1. The Morgan fingerprint density at radius 1 is 1.44 bits per heavy atom. The fraction of sp³-hybridized carbons (Fsp3) is 0.818. The minimum atomic E-state index is -0.404. The first kappa shape index (κ1) is 12.4. The van der Waals surface area contributed by atoms with Gasteiger partial charge in [0, 0.05) is 24.1 Å². The van der Waals surface area contributed by atoms with Crippen LogP contribution in [0.2, 0.25) is 0 Å². The maximum atomic E-state index is 6.19. The molecule has 7 heteroatoms. The largest absolute Gasteiger partial charge is 0.347 e. The highest BCUT2D eigenvalue weighted by molar-refractivity contribution is 7.99. The Hall–Kier alpha value is -0.630. The topological polar surface area (TPSA) is 86.1 Å². The lowest BCUT2D eigenvalue weighted by Gasteiger charge is -2.38. The fourth-order valence-corrected chi connectivity index (χ4v) is 3.74. The van der Waals surface area contributed by atoms with Crippen molar-refractivity contribution in [1.82, 2.24) is 15.2 Å². The monoisotopic (exact) mass is 270 g/mol. The van der Waals surface area contributed by atoms with Crippen LogP contribution in [0.15, 0.2) is 5.16 Å². The first-order chi connectivity index (χ1) is 8.67. The molecule has 1 spiro atoms. The molecule has 2 heterocycles. The van der Waals surface area contributed by atoms with Crippen LogP contribution in [-0.2, 0) is 9.47 Å². The third-order valence-corrected chi connectivity index (χ3v) is 4.71. The van der Waals surface area contributed by atoms with Crippen LogP contribution in [0.5, 0.6) is 0 Å². The Balaban J connectivity index is 1.69. The Morgan fingerprint density at radius 2 is 2.22 bits per heavy atom. The van der Waals surface area contributed by atoms with E-state index in [1.807, 2.05) is 6.92 Å². The van der Waals surface area contributed by atoms with Gasteiger partial charge in [0.05, 0.1) is 13.2 Å². The van der Waals surface area contributed by atoms with E-state index in [9.17, 15) is 0 Å². The molecule has 1 aliphatic carbocycles. The van der Waals surface area contributed by atoms with E-state index in [0.29, 0.717) is 13.2 Å². The molecule has 0 aromatic carbocycles. The van der Waals surface area contributed by atoms with E-state index in [-0.39, 0.29) is 11.3 Å². The van der Waals surface area contributed by atoms with Crippen molar-refractivity contribution in [2.45, 2.75) is 48.4 Å². The zero-order valence-electron chi connectivity index (χ0n) is 10.4. The van der Waals surface area contributed by atoms with Gasteiger partial charge in [-0.3, -0.25) is 5.10 Å². The summed E-state index contributed by atoms with van der Waals surface area (Å²) in [6.07, 6.45) is 2.62. The highest BCUT2D eigenvalue weighted by Crippen LogP contribution is 2.41. The molecule has 1 aliphatic heterocycles. The van der Waals surface area contributed by atoms with Crippen LogP contribution in [0.25, 0.3) is 0 Å². The number of nitrogens with zero attached hydrogens (tertiary/aromatic N) is 2. The van der Waals surface area contributed by atoms with E-state index in [1.54, 1.807) is 11.8 Å². The standard InChI is InChI=1S/C11H18N4O2S/c1-7-13-10(15-14-7)18-9-6-11(3-2-8(9)12)16-4-5-17-11/h8-9H,2-6,12H2,1H3,(H,13,14,15). The predicted molar refractivity (Wildman–Crippen MR) is 67.2 cm³/mol. The van der Waals surface area contributed by atoms with Crippen LogP contribution in [-0.4, -0.2) is 45.5 Å². The van der Waals surface area contributed by atoms with Gasteiger partial charge in [0.2, 0.25) is 5.16 Å². The number of ether oxygens (including phenoxy) is 2. The van der Waals surface area contributed by atoms with Gasteiger partial charge in [-0.15, -0.1) is 5.10 Å². The number of aromatic amines is 1. The average Bonchev–Trinajstić information content (AvgIpc) is 2.95. The molecule has 1 saturated carbocycles. The molecule has 3 N–H and O–H groups in total. The number of hydrogen-bond donors (Lipinski definition) is 2. The molecule has 18 heavy (non-hydrogen) atoms. The third kappa shape index (κ3) is 2.40. The van der Waals surface area contributed by atoms with Crippen LogP contribution < -0.4 is 5.73 Å². The van der Waals surface area contributed by atoms with Crippen molar-refractivity contribution in [1.29, 1.82) is 0 Å². The fourth-order valence-electron chi connectivity index (χ4n) is 2.53. The van der Waals surface area contributed by atoms with Crippen molar-refractivity contribution in [2.24, 2.45) is 5.73 Å². The summed E-state index contributed by atoms with van der Waals surface area (Å²) in [4.78, 5) is 4.31. The molecule has 1 aromatic rings. The van der Waals surface area contributed by atoms with Crippen molar-refractivity contribution in [2.75, 3.05) is 13.2 Å². The van der Waals surface area contributed by atoms with E-state index in [0.717, 1.165) is 30.2 Å². The first-order valence-corrected chi connectivity index (χ1v) is 7.14. The number of thioether (sulfide) groups is 1. The van der Waals surface area contributed by atoms with Crippen molar-refractivity contribution >= 4 is 11.8 Å². The van der Waals surface area contributed by atoms with Crippen LogP contribution in [0.4, 0.5) is 0 Å².